The van der Waals surface area contributed by atoms with E-state index in [2.05, 4.69) is 18.8 Å². The van der Waals surface area contributed by atoms with Crippen molar-refractivity contribution >= 4 is 5.82 Å². The smallest absolute Gasteiger partial charge is 0.129 e. The average Bonchev–Trinajstić information content (AvgIpc) is 2.33. The van der Waals surface area contributed by atoms with Crippen LogP contribution in [0, 0.1) is 6.92 Å². The minimum atomic E-state index is -0.962. The maximum absolute atomic E-state index is 9.65. The third-order valence-corrected chi connectivity index (χ3v) is 1.94. The molecule has 0 saturated heterocycles. The number of aromatic nitrogens is 2. The first kappa shape index (κ1) is 14.0. The van der Waals surface area contributed by atoms with Crippen LogP contribution in [-0.4, -0.2) is 14.7 Å². The lowest BCUT2D eigenvalue weighted by Gasteiger charge is -2.14. The average molecular weight is 213 g/mol. The second kappa shape index (κ2) is 5.16. The number of rotatable bonds is 1. The first-order valence-electron chi connectivity index (χ1n) is 5.27. The molecule has 1 aromatic rings. The Morgan fingerprint density at radius 1 is 1.40 bits per heavy atom. The van der Waals surface area contributed by atoms with Gasteiger partial charge in [-0.25, -0.2) is 4.98 Å². The zero-order valence-electron chi connectivity index (χ0n) is 10.6. The standard InChI is InChI=1S/C8H15N3O.C3H8/c1-5-10-6(8(2,3)12)7(9)11(5)4;1-3-2/h12H,9H2,1-4H3;3H2,1-2H3. The molecule has 4 nitrogen and oxygen atoms in total. The van der Waals surface area contributed by atoms with E-state index in [-0.39, 0.29) is 0 Å². The van der Waals surface area contributed by atoms with Crippen molar-refractivity contribution in [1.82, 2.24) is 9.55 Å². The van der Waals surface area contributed by atoms with Crippen molar-refractivity contribution < 1.29 is 5.11 Å². The summed E-state index contributed by atoms with van der Waals surface area (Å²) in [6.07, 6.45) is 1.25. The van der Waals surface area contributed by atoms with E-state index in [0.29, 0.717) is 11.5 Å². The van der Waals surface area contributed by atoms with E-state index in [1.807, 2.05) is 14.0 Å². The van der Waals surface area contributed by atoms with Crippen LogP contribution in [0.4, 0.5) is 5.82 Å². The van der Waals surface area contributed by atoms with Gasteiger partial charge in [-0.2, -0.15) is 0 Å². The fraction of sp³-hybridized carbons (Fsp3) is 0.727. The Balaban J connectivity index is 0.000000583. The molecule has 15 heavy (non-hydrogen) atoms. The van der Waals surface area contributed by atoms with Crippen molar-refractivity contribution in [2.75, 3.05) is 5.73 Å². The summed E-state index contributed by atoms with van der Waals surface area (Å²) >= 11 is 0. The lowest BCUT2D eigenvalue weighted by Crippen LogP contribution is -2.18. The first-order valence-corrected chi connectivity index (χ1v) is 5.27. The van der Waals surface area contributed by atoms with Crippen molar-refractivity contribution in [2.24, 2.45) is 7.05 Å². The van der Waals surface area contributed by atoms with Gasteiger partial charge in [-0.05, 0) is 20.8 Å². The number of aryl methyl sites for hydroxylation is 1. The Morgan fingerprint density at radius 3 is 1.93 bits per heavy atom. The predicted molar refractivity (Wildman–Crippen MR) is 63.6 cm³/mol. The molecule has 0 radical (unpaired) electrons. The summed E-state index contributed by atoms with van der Waals surface area (Å²) in [6.45, 7) is 9.45. The van der Waals surface area contributed by atoms with Crippen LogP contribution < -0.4 is 5.73 Å². The van der Waals surface area contributed by atoms with E-state index < -0.39 is 5.60 Å². The number of imidazole rings is 1. The van der Waals surface area contributed by atoms with E-state index >= 15 is 0 Å². The van der Waals surface area contributed by atoms with Crippen molar-refractivity contribution in [3.05, 3.63) is 11.5 Å². The summed E-state index contributed by atoms with van der Waals surface area (Å²) in [4.78, 5) is 4.17. The number of hydrogen-bond acceptors (Lipinski definition) is 3. The highest BCUT2D eigenvalue weighted by Crippen LogP contribution is 2.24. The molecule has 0 unspecified atom stereocenters. The molecule has 0 saturated carbocycles. The second-order valence-electron chi connectivity index (χ2n) is 4.22. The van der Waals surface area contributed by atoms with Gasteiger partial charge < -0.3 is 15.4 Å². The lowest BCUT2D eigenvalue weighted by atomic mass is 10.1. The van der Waals surface area contributed by atoms with Crippen LogP contribution in [0.5, 0.6) is 0 Å². The van der Waals surface area contributed by atoms with E-state index in [1.54, 1.807) is 18.4 Å². The molecule has 1 heterocycles. The molecule has 0 atom stereocenters. The fourth-order valence-electron chi connectivity index (χ4n) is 1.08. The molecule has 0 bridgehead atoms. The number of hydrogen-bond donors (Lipinski definition) is 2. The zero-order valence-corrected chi connectivity index (χ0v) is 10.6. The minimum Gasteiger partial charge on any atom is -0.384 e. The van der Waals surface area contributed by atoms with E-state index in [1.165, 1.54) is 6.42 Å². The summed E-state index contributed by atoms with van der Waals surface area (Å²) < 4.78 is 1.76. The Kier molecular flexibility index (Phi) is 4.81. The number of nitrogens with zero attached hydrogens (tertiary/aromatic N) is 2. The van der Waals surface area contributed by atoms with Gasteiger partial charge in [0.05, 0.1) is 0 Å². The molecular weight excluding hydrogens is 190 g/mol. The third-order valence-electron chi connectivity index (χ3n) is 1.94. The molecule has 0 fully saturated rings. The van der Waals surface area contributed by atoms with Crippen molar-refractivity contribution in [3.8, 4) is 0 Å². The van der Waals surface area contributed by atoms with Crippen LogP contribution in [-0.2, 0) is 12.6 Å². The lowest BCUT2D eigenvalue weighted by molar-refractivity contribution is 0.0750. The molecule has 4 heteroatoms. The molecule has 3 N–H and O–H groups in total. The SMILES string of the molecule is CCC.Cc1nc(C(C)(C)O)c(N)n1C. The Labute approximate surface area is 92.1 Å². The Bertz CT molecular complexity index is 310. The molecule has 0 aromatic carbocycles. The van der Waals surface area contributed by atoms with Crippen LogP contribution in [0.15, 0.2) is 0 Å². The number of nitrogens with two attached hydrogens (primary N) is 1. The Morgan fingerprint density at radius 2 is 1.80 bits per heavy atom. The van der Waals surface area contributed by atoms with Crippen LogP contribution in [0.1, 0.15) is 45.6 Å². The minimum absolute atomic E-state index is 0.528. The topological polar surface area (TPSA) is 64.1 Å². The highest BCUT2D eigenvalue weighted by atomic mass is 16.3. The van der Waals surface area contributed by atoms with E-state index in [0.717, 1.165) is 5.82 Å². The quantitative estimate of drug-likeness (QED) is 0.749. The van der Waals surface area contributed by atoms with Crippen molar-refractivity contribution in [1.29, 1.82) is 0 Å². The van der Waals surface area contributed by atoms with Gasteiger partial charge in [0, 0.05) is 7.05 Å². The molecule has 88 valence electrons. The molecule has 0 aliphatic carbocycles. The van der Waals surface area contributed by atoms with Gasteiger partial charge in [0.2, 0.25) is 0 Å². The maximum Gasteiger partial charge on any atom is 0.129 e. The predicted octanol–water partition coefficient (Wildman–Crippen LogP) is 1.95. The van der Waals surface area contributed by atoms with Gasteiger partial charge in [-0.15, -0.1) is 0 Å². The van der Waals surface area contributed by atoms with Gasteiger partial charge in [0.15, 0.2) is 0 Å². The molecular formula is C11H23N3O. The summed E-state index contributed by atoms with van der Waals surface area (Å²) in [5.74, 6) is 1.34. The first-order chi connectivity index (χ1) is 6.75. The normalized spacial score (nSPS) is 10.9. The third kappa shape index (κ3) is 3.55. The van der Waals surface area contributed by atoms with Crippen molar-refractivity contribution in [3.63, 3.8) is 0 Å². The monoisotopic (exact) mass is 213 g/mol. The van der Waals surface area contributed by atoms with E-state index in [9.17, 15) is 5.11 Å². The highest BCUT2D eigenvalue weighted by molar-refractivity contribution is 5.40. The molecule has 0 aliphatic rings. The molecule has 1 rings (SSSR count). The van der Waals surface area contributed by atoms with Gasteiger partial charge in [0.1, 0.15) is 22.9 Å². The second-order valence-corrected chi connectivity index (χ2v) is 4.22. The Hall–Kier alpha value is -1.03. The number of aliphatic hydroxyl groups is 1. The van der Waals surface area contributed by atoms with Crippen LogP contribution >= 0.6 is 0 Å². The summed E-state index contributed by atoms with van der Waals surface area (Å²) in [5.41, 5.74) is 5.31. The summed E-state index contributed by atoms with van der Waals surface area (Å²) in [6, 6.07) is 0. The largest absolute Gasteiger partial charge is 0.384 e. The van der Waals surface area contributed by atoms with Crippen LogP contribution in [0.25, 0.3) is 0 Å². The van der Waals surface area contributed by atoms with Crippen molar-refractivity contribution in [2.45, 2.75) is 46.6 Å². The van der Waals surface area contributed by atoms with Gasteiger partial charge in [-0.1, -0.05) is 20.3 Å². The maximum atomic E-state index is 9.65. The molecule has 0 aliphatic heterocycles. The zero-order chi connectivity index (χ0) is 12.2. The van der Waals surface area contributed by atoms with E-state index in [4.69, 9.17) is 5.73 Å². The van der Waals surface area contributed by atoms with Gasteiger partial charge >= 0.3 is 0 Å². The number of anilines is 1. The molecule has 0 spiro atoms. The fourth-order valence-corrected chi connectivity index (χ4v) is 1.08. The van der Waals surface area contributed by atoms with Crippen LogP contribution in [0.2, 0.25) is 0 Å². The van der Waals surface area contributed by atoms with Crippen LogP contribution in [0.3, 0.4) is 0 Å². The highest BCUT2D eigenvalue weighted by Gasteiger charge is 2.24. The number of nitrogen functional groups attached to an aromatic ring is 1. The molecule has 1 aromatic heterocycles. The van der Waals surface area contributed by atoms with Gasteiger partial charge in [-0.3, -0.25) is 0 Å². The van der Waals surface area contributed by atoms with Gasteiger partial charge in [0.25, 0.3) is 0 Å². The summed E-state index contributed by atoms with van der Waals surface area (Å²) in [7, 11) is 1.83. The molecule has 0 amide bonds. The summed E-state index contributed by atoms with van der Waals surface area (Å²) in [5, 5.41) is 9.65.